The normalized spacial score (nSPS) is 10.9. The van der Waals surface area contributed by atoms with Crippen molar-refractivity contribution in [1.82, 2.24) is 24.9 Å². The highest BCUT2D eigenvalue weighted by Gasteiger charge is 2.16. The second kappa shape index (κ2) is 8.81. The van der Waals surface area contributed by atoms with Gasteiger partial charge in [0.25, 0.3) is 5.91 Å². The lowest BCUT2D eigenvalue weighted by Crippen LogP contribution is -2.25. The summed E-state index contributed by atoms with van der Waals surface area (Å²) >= 11 is 0. The van der Waals surface area contributed by atoms with E-state index in [1.165, 1.54) is 5.56 Å². The molecule has 0 saturated carbocycles. The molecule has 5 rings (SSSR count). The quantitative estimate of drug-likeness (QED) is 0.442. The van der Waals surface area contributed by atoms with E-state index in [1.54, 1.807) is 23.1 Å². The average molecular weight is 419 g/mol. The molecule has 6 heteroatoms. The second-order valence-electron chi connectivity index (χ2n) is 7.39. The lowest BCUT2D eigenvalue weighted by atomic mass is 10.0. The zero-order chi connectivity index (χ0) is 21.8. The number of hydrogen-bond acceptors (Lipinski definition) is 4. The fourth-order valence-corrected chi connectivity index (χ4v) is 3.68. The third kappa shape index (κ3) is 3.98. The van der Waals surface area contributed by atoms with Crippen molar-refractivity contribution in [3.05, 3.63) is 109 Å². The van der Waals surface area contributed by atoms with Gasteiger partial charge in [-0.25, -0.2) is 9.50 Å². The molecule has 1 N–H and O–H groups in total. The Balaban J connectivity index is 1.36. The van der Waals surface area contributed by atoms with Gasteiger partial charge in [0.05, 0.1) is 11.9 Å². The predicted molar refractivity (Wildman–Crippen MR) is 124 cm³/mol. The number of rotatable bonds is 6. The fourth-order valence-electron chi connectivity index (χ4n) is 3.68. The molecule has 0 radical (unpaired) electrons. The average Bonchev–Trinajstić information content (AvgIpc) is 3.30. The largest absolute Gasteiger partial charge is 0.351 e. The SMILES string of the molecule is O=C(NCCc1ccccn1)c1cnn2c(-c3ccc(-c4ccccc4)cc3)ccnc12. The minimum absolute atomic E-state index is 0.194. The number of pyridine rings is 1. The summed E-state index contributed by atoms with van der Waals surface area (Å²) in [6, 6.07) is 26.2. The van der Waals surface area contributed by atoms with E-state index in [0.29, 0.717) is 24.2 Å². The van der Waals surface area contributed by atoms with Gasteiger partial charge in [0, 0.05) is 36.6 Å². The van der Waals surface area contributed by atoms with Crippen molar-refractivity contribution in [3.63, 3.8) is 0 Å². The van der Waals surface area contributed by atoms with Crippen molar-refractivity contribution in [2.45, 2.75) is 6.42 Å². The zero-order valence-electron chi connectivity index (χ0n) is 17.3. The molecule has 0 aliphatic heterocycles. The van der Waals surface area contributed by atoms with Gasteiger partial charge in [0.15, 0.2) is 5.65 Å². The summed E-state index contributed by atoms with van der Waals surface area (Å²) in [6.07, 6.45) is 5.70. The maximum atomic E-state index is 12.7. The Morgan fingerprint density at radius 1 is 0.781 bits per heavy atom. The third-order valence-electron chi connectivity index (χ3n) is 5.33. The van der Waals surface area contributed by atoms with Gasteiger partial charge in [0.2, 0.25) is 0 Å². The van der Waals surface area contributed by atoms with Crippen LogP contribution in [-0.4, -0.2) is 32.0 Å². The first-order valence-corrected chi connectivity index (χ1v) is 10.5. The molecule has 3 heterocycles. The van der Waals surface area contributed by atoms with Crippen molar-refractivity contribution in [2.24, 2.45) is 0 Å². The highest BCUT2D eigenvalue weighted by molar-refractivity contribution is 5.99. The molecule has 156 valence electrons. The van der Waals surface area contributed by atoms with Crippen LogP contribution < -0.4 is 5.32 Å². The molecule has 0 fully saturated rings. The summed E-state index contributed by atoms with van der Waals surface area (Å²) in [4.78, 5) is 21.4. The van der Waals surface area contributed by atoms with Gasteiger partial charge in [-0.3, -0.25) is 9.78 Å². The Hall–Kier alpha value is -4.32. The van der Waals surface area contributed by atoms with E-state index in [0.717, 1.165) is 22.5 Å². The predicted octanol–water partition coefficient (Wildman–Crippen LogP) is 4.43. The minimum atomic E-state index is -0.194. The molecule has 1 amide bonds. The van der Waals surface area contributed by atoms with Gasteiger partial charge in [-0.1, -0.05) is 60.7 Å². The van der Waals surface area contributed by atoms with Gasteiger partial charge in [-0.15, -0.1) is 0 Å². The monoisotopic (exact) mass is 419 g/mol. The van der Waals surface area contributed by atoms with Crippen LogP contribution in [0.3, 0.4) is 0 Å². The van der Waals surface area contributed by atoms with E-state index < -0.39 is 0 Å². The Kier molecular flexibility index (Phi) is 5.41. The number of nitrogens with one attached hydrogen (secondary N) is 1. The van der Waals surface area contributed by atoms with Crippen LogP contribution in [0.2, 0.25) is 0 Å². The van der Waals surface area contributed by atoms with Gasteiger partial charge in [-0.2, -0.15) is 5.10 Å². The highest BCUT2D eigenvalue weighted by atomic mass is 16.1. The van der Waals surface area contributed by atoms with Crippen LogP contribution in [0, 0.1) is 0 Å². The first-order chi connectivity index (χ1) is 15.8. The van der Waals surface area contributed by atoms with Crippen molar-refractivity contribution < 1.29 is 4.79 Å². The van der Waals surface area contributed by atoms with Crippen molar-refractivity contribution in [1.29, 1.82) is 0 Å². The van der Waals surface area contributed by atoms with E-state index in [4.69, 9.17) is 0 Å². The molecule has 3 aromatic heterocycles. The van der Waals surface area contributed by atoms with Crippen LogP contribution in [0.25, 0.3) is 28.0 Å². The Morgan fingerprint density at radius 3 is 2.31 bits per heavy atom. The first kappa shape index (κ1) is 19.6. The molecule has 0 spiro atoms. The van der Waals surface area contributed by atoms with Crippen molar-refractivity contribution in [3.8, 4) is 22.4 Å². The maximum absolute atomic E-state index is 12.7. The number of carbonyl (C=O) groups excluding carboxylic acids is 1. The van der Waals surface area contributed by atoms with Crippen LogP contribution in [0.5, 0.6) is 0 Å². The Labute approximate surface area is 185 Å². The smallest absolute Gasteiger partial charge is 0.256 e. The molecule has 5 aromatic rings. The number of fused-ring (bicyclic) bond motifs is 1. The molecule has 0 atom stereocenters. The van der Waals surface area contributed by atoms with Crippen LogP contribution in [-0.2, 0) is 6.42 Å². The number of amides is 1. The van der Waals surface area contributed by atoms with Crippen molar-refractivity contribution >= 4 is 11.6 Å². The molecule has 0 saturated heterocycles. The van der Waals surface area contributed by atoms with Gasteiger partial charge < -0.3 is 5.32 Å². The summed E-state index contributed by atoms with van der Waals surface area (Å²) in [5.41, 5.74) is 6.12. The molecule has 0 bridgehead atoms. The number of benzene rings is 2. The lowest BCUT2D eigenvalue weighted by molar-refractivity contribution is 0.0955. The highest BCUT2D eigenvalue weighted by Crippen LogP contribution is 2.25. The lowest BCUT2D eigenvalue weighted by Gasteiger charge is -2.07. The summed E-state index contributed by atoms with van der Waals surface area (Å²) in [7, 11) is 0. The summed E-state index contributed by atoms with van der Waals surface area (Å²) in [6.45, 7) is 0.494. The zero-order valence-corrected chi connectivity index (χ0v) is 17.3. The van der Waals surface area contributed by atoms with Gasteiger partial charge in [-0.05, 0) is 29.3 Å². The molecule has 6 nitrogen and oxygen atoms in total. The van der Waals surface area contributed by atoms with E-state index >= 15 is 0 Å². The van der Waals surface area contributed by atoms with E-state index in [9.17, 15) is 4.79 Å². The number of carbonyl (C=O) groups is 1. The minimum Gasteiger partial charge on any atom is -0.351 e. The summed E-state index contributed by atoms with van der Waals surface area (Å²) < 4.78 is 1.71. The standard InChI is InChI=1S/C26H21N5O/c32-26(29-16-13-22-8-4-5-15-27-22)23-18-30-31-24(14-17-28-25(23)31)21-11-9-20(10-12-21)19-6-2-1-3-7-19/h1-12,14-15,17-18H,13,16H2,(H,29,32). The molecule has 2 aromatic carbocycles. The van der Waals surface area contributed by atoms with Crippen LogP contribution in [0.4, 0.5) is 0 Å². The summed E-state index contributed by atoms with van der Waals surface area (Å²) in [5, 5.41) is 7.38. The van der Waals surface area contributed by atoms with Crippen molar-refractivity contribution in [2.75, 3.05) is 6.54 Å². The van der Waals surface area contributed by atoms with Gasteiger partial charge >= 0.3 is 0 Å². The fraction of sp³-hybridized carbons (Fsp3) is 0.0769. The Bertz CT molecular complexity index is 1350. The number of hydrogen-bond donors (Lipinski definition) is 1. The first-order valence-electron chi connectivity index (χ1n) is 10.5. The number of nitrogens with zero attached hydrogens (tertiary/aromatic N) is 4. The molecule has 0 unspecified atom stereocenters. The van der Waals surface area contributed by atoms with E-state index in [2.05, 4.69) is 56.8 Å². The van der Waals surface area contributed by atoms with Crippen LogP contribution >= 0.6 is 0 Å². The van der Waals surface area contributed by atoms with Gasteiger partial charge in [0.1, 0.15) is 5.56 Å². The van der Waals surface area contributed by atoms with E-state index in [1.807, 2.05) is 42.5 Å². The topological polar surface area (TPSA) is 72.2 Å². The van der Waals surface area contributed by atoms with Crippen LogP contribution in [0.1, 0.15) is 16.1 Å². The molecule has 0 aliphatic carbocycles. The molecular weight excluding hydrogens is 398 g/mol. The molecule has 32 heavy (non-hydrogen) atoms. The second-order valence-corrected chi connectivity index (χ2v) is 7.39. The number of aromatic nitrogens is 4. The summed E-state index contributed by atoms with van der Waals surface area (Å²) in [5.74, 6) is -0.194. The molecular formula is C26H21N5O. The maximum Gasteiger partial charge on any atom is 0.256 e. The van der Waals surface area contributed by atoms with E-state index in [-0.39, 0.29) is 5.91 Å². The van der Waals surface area contributed by atoms with Crippen LogP contribution in [0.15, 0.2) is 97.5 Å². The molecule has 0 aliphatic rings. The third-order valence-corrected chi connectivity index (χ3v) is 5.33. The Morgan fingerprint density at radius 2 is 1.53 bits per heavy atom.